The Hall–Kier alpha value is -2.60. The molecule has 2 atom stereocenters. The highest BCUT2D eigenvalue weighted by Crippen LogP contribution is 2.25. The van der Waals surface area contributed by atoms with Crippen LogP contribution in [0.5, 0.6) is 5.75 Å². The molecule has 0 unspecified atom stereocenters. The summed E-state index contributed by atoms with van der Waals surface area (Å²) in [6, 6.07) is 12.3. The molecule has 0 spiro atoms. The first kappa shape index (κ1) is 19.2. The number of halogens is 1. The smallest absolute Gasteiger partial charge is 0.307 e. The monoisotopic (exact) mass is 372 g/mol. The standard InChI is InChI=1S/C21H25FN2O3/c1-27-19-9-15(7-17(22)11-19)12-24-18-4-2-3-14(8-18)10-20(21(25)26)16-5-6-23-13-16/h2-4,7-9,11,16,20,23-24H,5-6,10,12-13H2,1H3,(H,25,26)/t16-,20-/m0/s1. The van der Waals surface area contributed by atoms with Crippen molar-refractivity contribution in [2.75, 3.05) is 25.5 Å². The number of rotatable bonds is 8. The molecule has 2 aromatic carbocycles. The fraction of sp³-hybridized carbons (Fsp3) is 0.381. The first-order valence-electron chi connectivity index (χ1n) is 9.15. The lowest BCUT2D eigenvalue weighted by Gasteiger charge is -2.19. The van der Waals surface area contributed by atoms with Crippen molar-refractivity contribution < 1.29 is 19.0 Å². The van der Waals surface area contributed by atoms with Gasteiger partial charge in [-0.05, 0) is 67.2 Å². The van der Waals surface area contributed by atoms with Crippen molar-refractivity contribution in [2.45, 2.75) is 19.4 Å². The van der Waals surface area contributed by atoms with Gasteiger partial charge in [-0.3, -0.25) is 4.79 Å². The molecule has 3 N–H and O–H groups in total. The maximum atomic E-state index is 13.6. The molecule has 144 valence electrons. The van der Waals surface area contributed by atoms with Gasteiger partial charge in [0.05, 0.1) is 13.0 Å². The summed E-state index contributed by atoms with van der Waals surface area (Å²) in [5, 5.41) is 16.1. The van der Waals surface area contributed by atoms with E-state index in [-0.39, 0.29) is 17.7 Å². The number of aliphatic carboxylic acids is 1. The van der Waals surface area contributed by atoms with Crippen LogP contribution >= 0.6 is 0 Å². The molecule has 1 heterocycles. The maximum Gasteiger partial charge on any atom is 0.307 e. The maximum absolute atomic E-state index is 13.6. The van der Waals surface area contributed by atoms with Crippen molar-refractivity contribution in [3.8, 4) is 5.75 Å². The van der Waals surface area contributed by atoms with Gasteiger partial charge in [-0.1, -0.05) is 12.1 Å². The van der Waals surface area contributed by atoms with Crippen molar-refractivity contribution in [3.05, 3.63) is 59.4 Å². The third-order valence-corrected chi connectivity index (χ3v) is 5.03. The topological polar surface area (TPSA) is 70.6 Å². The van der Waals surface area contributed by atoms with Gasteiger partial charge < -0.3 is 20.5 Å². The number of anilines is 1. The Morgan fingerprint density at radius 2 is 2.19 bits per heavy atom. The molecule has 1 aliphatic rings. The summed E-state index contributed by atoms with van der Waals surface area (Å²) in [6.45, 7) is 2.09. The number of hydrogen-bond donors (Lipinski definition) is 3. The Kier molecular flexibility index (Phi) is 6.29. The Bertz CT molecular complexity index is 791. The van der Waals surface area contributed by atoms with Crippen molar-refractivity contribution in [1.29, 1.82) is 0 Å². The molecule has 0 aromatic heterocycles. The highest BCUT2D eigenvalue weighted by atomic mass is 19.1. The molecule has 3 rings (SSSR count). The van der Waals surface area contributed by atoms with Crippen LogP contribution in [0.1, 0.15) is 17.5 Å². The number of carboxylic acid groups (broad SMARTS) is 1. The van der Waals surface area contributed by atoms with Crippen molar-refractivity contribution >= 4 is 11.7 Å². The third kappa shape index (κ3) is 5.20. The second-order valence-corrected chi connectivity index (χ2v) is 6.95. The van der Waals surface area contributed by atoms with E-state index >= 15 is 0 Å². The first-order valence-corrected chi connectivity index (χ1v) is 9.15. The Morgan fingerprint density at radius 3 is 2.89 bits per heavy atom. The largest absolute Gasteiger partial charge is 0.497 e. The first-order chi connectivity index (χ1) is 13.0. The summed E-state index contributed by atoms with van der Waals surface area (Å²) in [5.41, 5.74) is 2.64. The van der Waals surface area contributed by atoms with Gasteiger partial charge in [0.2, 0.25) is 0 Å². The van der Waals surface area contributed by atoms with Crippen LogP contribution in [0.25, 0.3) is 0 Å². The second kappa shape index (κ2) is 8.86. The summed E-state index contributed by atoms with van der Waals surface area (Å²) in [4.78, 5) is 11.7. The molecular formula is C21H25FN2O3. The predicted molar refractivity (Wildman–Crippen MR) is 103 cm³/mol. The molecule has 6 heteroatoms. The predicted octanol–water partition coefficient (Wildman–Crippen LogP) is 3.30. The lowest BCUT2D eigenvalue weighted by Crippen LogP contribution is -2.27. The minimum Gasteiger partial charge on any atom is -0.497 e. The summed E-state index contributed by atoms with van der Waals surface area (Å²) in [5.74, 6) is -0.820. The molecule has 1 aliphatic heterocycles. The van der Waals surface area contributed by atoms with Gasteiger partial charge in [0.15, 0.2) is 0 Å². The van der Waals surface area contributed by atoms with Gasteiger partial charge in [-0.15, -0.1) is 0 Å². The van der Waals surface area contributed by atoms with E-state index in [4.69, 9.17) is 4.74 Å². The molecule has 1 saturated heterocycles. The van der Waals surface area contributed by atoms with Crippen LogP contribution in [0.2, 0.25) is 0 Å². The Balaban J connectivity index is 1.66. The van der Waals surface area contributed by atoms with E-state index in [9.17, 15) is 14.3 Å². The molecule has 5 nitrogen and oxygen atoms in total. The average molecular weight is 372 g/mol. The van der Waals surface area contributed by atoms with Crippen LogP contribution in [0.4, 0.5) is 10.1 Å². The lowest BCUT2D eigenvalue weighted by molar-refractivity contribution is -0.143. The number of hydrogen-bond acceptors (Lipinski definition) is 4. The zero-order chi connectivity index (χ0) is 19.2. The van der Waals surface area contributed by atoms with Gasteiger partial charge in [0.1, 0.15) is 11.6 Å². The van der Waals surface area contributed by atoms with Crippen LogP contribution in [-0.2, 0) is 17.8 Å². The normalized spacial score (nSPS) is 17.5. The van der Waals surface area contributed by atoms with Crippen molar-refractivity contribution in [2.24, 2.45) is 11.8 Å². The lowest BCUT2D eigenvalue weighted by atomic mass is 9.86. The highest BCUT2D eigenvalue weighted by molar-refractivity contribution is 5.71. The number of ether oxygens (including phenoxy) is 1. The van der Waals surface area contributed by atoms with Crippen LogP contribution in [-0.4, -0.2) is 31.3 Å². The van der Waals surface area contributed by atoms with E-state index in [0.29, 0.717) is 18.7 Å². The van der Waals surface area contributed by atoms with Crippen LogP contribution in [0.15, 0.2) is 42.5 Å². The Morgan fingerprint density at radius 1 is 1.33 bits per heavy atom. The van der Waals surface area contributed by atoms with Gasteiger partial charge in [0, 0.05) is 18.3 Å². The summed E-state index contributed by atoms with van der Waals surface area (Å²) < 4.78 is 18.7. The van der Waals surface area contributed by atoms with Gasteiger partial charge in [-0.2, -0.15) is 0 Å². The number of methoxy groups -OCH3 is 1. The van der Waals surface area contributed by atoms with E-state index in [1.165, 1.54) is 19.2 Å². The van der Waals surface area contributed by atoms with Gasteiger partial charge in [0.25, 0.3) is 0 Å². The van der Waals surface area contributed by atoms with Crippen LogP contribution < -0.4 is 15.4 Å². The summed E-state index contributed by atoms with van der Waals surface area (Å²) in [6.07, 6.45) is 1.40. The average Bonchev–Trinajstić information content (AvgIpc) is 3.18. The number of carbonyl (C=O) groups is 1. The second-order valence-electron chi connectivity index (χ2n) is 6.95. The fourth-order valence-corrected chi connectivity index (χ4v) is 3.58. The molecule has 27 heavy (non-hydrogen) atoms. The van der Waals surface area contributed by atoms with Crippen molar-refractivity contribution in [3.63, 3.8) is 0 Å². The summed E-state index contributed by atoms with van der Waals surface area (Å²) in [7, 11) is 1.51. The molecule has 2 aromatic rings. The van der Waals surface area contributed by atoms with Crippen LogP contribution in [0.3, 0.4) is 0 Å². The minimum atomic E-state index is -0.742. The summed E-state index contributed by atoms with van der Waals surface area (Å²) >= 11 is 0. The molecule has 0 aliphatic carbocycles. The Labute approximate surface area is 158 Å². The minimum absolute atomic E-state index is 0.166. The molecule has 0 radical (unpaired) electrons. The number of benzene rings is 2. The fourth-order valence-electron chi connectivity index (χ4n) is 3.58. The zero-order valence-corrected chi connectivity index (χ0v) is 15.4. The van der Waals surface area contributed by atoms with Gasteiger partial charge >= 0.3 is 5.97 Å². The zero-order valence-electron chi connectivity index (χ0n) is 15.4. The molecular weight excluding hydrogens is 347 g/mol. The van der Waals surface area contributed by atoms with Gasteiger partial charge in [-0.25, -0.2) is 4.39 Å². The molecule has 0 amide bonds. The van der Waals surface area contributed by atoms with E-state index in [1.807, 2.05) is 24.3 Å². The molecule has 1 fully saturated rings. The van der Waals surface area contributed by atoms with E-state index in [2.05, 4.69) is 10.6 Å². The number of nitrogens with one attached hydrogen (secondary N) is 2. The SMILES string of the molecule is COc1cc(F)cc(CNc2cccc(C[C@H](C(=O)O)[C@H]3CCNC3)c2)c1. The van der Waals surface area contributed by atoms with E-state index < -0.39 is 5.97 Å². The van der Waals surface area contributed by atoms with Crippen molar-refractivity contribution in [1.82, 2.24) is 5.32 Å². The number of carboxylic acids is 1. The third-order valence-electron chi connectivity index (χ3n) is 5.03. The van der Waals surface area contributed by atoms with Crippen LogP contribution in [0, 0.1) is 17.7 Å². The quantitative estimate of drug-likeness (QED) is 0.663. The highest BCUT2D eigenvalue weighted by Gasteiger charge is 2.30. The molecule has 0 saturated carbocycles. The van der Waals surface area contributed by atoms with E-state index in [0.717, 1.165) is 36.3 Å². The van der Waals surface area contributed by atoms with E-state index in [1.54, 1.807) is 6.07 Å². The molecule has 0 bridgehead atoms.